The molecule has 6 nitrogen and oxygen atoms in total. The second-order valence-corrected chi connectivity index (χ2v) is 5.62. The Labute approximate surface area is 121 Å². The van der Waals surface area contributed by atoms with Gasteiger partial charge in [0.15, 0.2) is 0 Å². The van der Waals surface area contributed by atoms with Gasteiger partial charge in [0.05, 0.1) is 6.54 Å². The Morgan fingerprint density at radius 1 is 1.30 bits per heavy atom. The molecule has 0 aliphatic rings. The second-order valence-electron chi connectivity index (χ2n) is 5.62. The number of hydrogen-bond acceptors (Lipinski definition) is 5. The van der Waals surface area contributed by atoms with E-state index >= 15 is 0 Å². The van der Waals surface area contributed by atoms with E-state index in [2.05, 4.69) is 41.4 Å². The first-order valence-electron chi connectivity index (χ1n) is 6.84. The van der Waals surface area contributed by atoms with Gasteiger partial charge >= 0.3 is 0 Å². The molecule has 0 atom stereocenters. The van der Waals surface area contributed by atoms with E-state index in [4.69, 9.17) is 0 Å². The number of hydrogen-bond donors (Lipinski definition) is 2. The maximum Gasteiger partial charge on any atom is 0.239 e. The fourth-order valence-corrected chi connectivity index (χ4v) is 1.67. The molecule has 0 bridgehead atoms. The van der Waals surface area contributed by atoms with Gasteiger partial charge in [0, 0.05) is 32.1 Å². The quantitative estimate of drug-likeness (QED) is 0.852. The number of rotatable bonds is 5. The number of amides is 1. The van der Waals surface area contributed by atoms with Gasteiger partial charge in [0.1, 0.15) is 17.5 Å². The maximum atomic E-state index is 11.6. The van der Waals surface area contributed by atoms with Crippen molar-refractivity contribution in [1.29, 1.82) is 0 Å². The van der Waals surface area contributed by atoms with Crippen molar-refractivity contribution in [2.75, 3.05) is 37.4 Å². The molecule has 0 fully saturated rings. The molecule has 1 amide bonds. The van der Waals surface area contributed by atoms with Crippen molar-refractivity contribution < 1.29 is 4.79 Å². The van der Waals surface area contributed by atoms with E-state index in [-0.39, 0.29) is 17.9 Å². The Morgan fingerprint density at radius 2 is 1.95 bits per heavy atom. The van der Waals surface area contributed by atoms with Gasteiger partial charge in [-0.25, -0.2) is 9.97 Å². The third kappa shape index (κ3) is 4.08. The molecule has 112 valence electrons. The number of nitrogens with zero attached hydrogens (tertiary/aromatic N) is 3. The summed E-state index contributed by atoms with van der Waals surface area (Å²) in [7, 11) is 3.46. The van der Waals surface area contributed by atoms with Crippen LogP contribution in [0.2, 0.25) is 0 Å². The molecule has 0 aromatic carbocycles. The van der Waals surface area contributed by atoms with Crippen LogP contribution in [0, 0.1) is 0 Å². The monoisotopic (exact) mass is 279 g/mol. The average molecular weight is 279 g/mol. The molecule has 1 aromatic heterocycles. The first-order chi connectivity index (χ1) is 9.31. The fraction of sp³-hybridized carbons (Fsp3) is 0.643. The molecule has 1 rings (SSSR count). The van der Waals surface area contributed by atoms with Gasteiger partial charge in [-0.1, -0.05) is 20.8 Å². The summed E-state index contributed by atoms with van der Waals surface area (Å²) in [6.07, 6.45) is 0. The minimum absolute atomic E-state index is 0.0335. The molecule has 0 radical (unpaired) electrons. The lowest BCUT2D eigenvalue weighted by atomic mass is 9.96. The molecule has 0 saturated heterocycles. The van der Waals surface area contributed by atoms with Crippen LogP contribution in [0.15, 0.2) is 6.07 Å². The van der Waals surface area contributed by atoms with E-state index < -0.39 is 0 Å². The standard InChI is InChI=1S/C14H25N5O/c1-7-19(9-12(20)16-6)11-8-10(15-5)17-13(18-11)14(2,3)4/h8H,7,9H2,1-6H3,(H,16,20)(H,15,17,18). The predicted molar refractivity (Wildman–Crippen MR) is 82.2 cm³/mol. The Balaban J connectivity index is 3.17. The van der Waals surface area contributed by atoms with Crippen LogP contribution in [-0.2, 0) is 10.2 Å². The van der Waals surface area contributed by atoms with Crippen LogP contribution in [0.1, 0.15) is 33.5 Å². The molecule has 20 heavy (non-hydrogen) atoms. The molecule has 0 saturated carbocycles. The van der Waals surface area contributed by atoms with Gasteiger partial charge in [-0.3, -0.25) is 4.79 Å². The minimum Gasteiger partial charge on any atom is -0.373 e. The zero-order valence-electron chi connectivity index (χ0n) is 13.2. The summed E-state index contributed by atoms with van der Waals surface area (Å²) in [5.41, 5.74) is -0.145. The van der Waals surface area contributed by atoms with Crippen molar-refractivity contribution in [3.63, 3.8) is 0 Å². The summed E-state index contributed by atoms with van der Waals surface area (Å²) < 4.78 is 0. The highest BCUT2D eigenvalue weighted by atomic mass is 16.1. The highest BCUT2D eigenvalue weighted by molar-refractivity contribution is 5.80. The highest BCUT2D eigenvalue weighted by Crippen LogP contribution is 2.23. The Kier molecular flexibility index (Phi) is 5.30. The number of likely N-dealkylation sites (N-methyl/N-ethyl adjacent to an activating group) is 2. The predicted octanol–water partition coefficient (Wildman–Crippen LogP) is 1.39. The van der Waals surface area contributed by atoms with Crippen molar-refractivity contribution in [2.45, 2.75) is 33.1 Å². The largest absolute Gasteiger partial charge is 0.373 e. The summed E-state index contributed by atoms with van der Waals surface area (Å²) in [5, 5.41) is 5.68. The fourth-order valence-electron chi connectivity index (χ4n) is 1.67. The van der Waals surface area contributed by atoms with E-state index in [1.165, 1.54) is 0 Å². The summed E-state index contributed by atoms with van der Waals surface area (Å²) in [6.45, 7) is 9.20. The number of carbonyl (C=O) groups is 1. The van der Waals surface area contributed by atoms with Crippen LogP contribution < -0.4 is 15.5 Å². The lowest BCUT2D eigenvalue weighted by Gasteiger charge is -2.24. The highest BCUT2D eigenvalue weighted by Gasteiger charge is 2.21. The van der Waals surface area contributed by atoms with E-state index in [9.17, 15) is 4.79 Å². The van der Waals surface area contributed by atoms with Crippen molar-refractivity contribution >= 4 is 17.5 Å². The Morgan fingerprint density at radius 3 is 2.40 bits per heavy atom. The molecule has 0 unspecified atom stereocenters. The molecule has 1 aromatic rings. The molecular weight excluding hydrogens is 254 g/mol. The third-order valence-electron chi connectivity index (χ3n) is 2.96. The Hall–Kier alpha value is -1.85. The summed E-state index contributed by atoms with van der Waals surface area (Å²) >= 11 is 0. The van der Waals surface area contributed by atoms with Gasteiger partial charge < -0.3 is 15.5 Å². The molecule has 2 N–H and O–H groups in total. The van der Waals surface area contributed by atoms with E-state index in [1.54, 1.807) is 7.05 Å². The lowest BCUT2D eigenvalue weighted by molar-refractivity contribution is -0.119. The summed E-state index contributed by atoms with van der Waals surface area (Å²) in [6, 6.07) is 1.86. The summed E-state index contributed by atoms with van der Waals surface area (Å²) in [5.74, 6) is 2.25. The zero-order chi connectivity index (χ0) is 15.3. The van der Waals surface area contributed by atoms with Gasteiger partial charge in [-0.2, -0.15) is 0 Å². The van der Waals surface area contributed by atoms with Crippen molar-refractivity contribution in [3.8, 4) is 0 Å². The first kappa shape index (κ1) is 16.2. The lowest BCUT2D eigenvalue weighted by Crippen LogP contribution is -2.36. The van der Waals surface area contributed by atoms with Crippen LogP contribution in [-0.4, -0.2) is 43.1 Å². The third-order valence-corrected chi connectivity index (χ3v) is 2.96. The van der Waals surface area contributed by atoms with Crippen LogP contribution in [0.3, 0.4) is 0 Å². The van der Waals surface area contributed by atoms with E-state index in [1.807, 2.05) is 24.9 Å². The van der Waals surface area contributed by atoms with Crippen molar-refractivity contribution in [2.24, 2.45) is 0 Å². The molecule has 1 heterocycles. The first-order valence-corrected chi connectivity index (χ1v) is 6.84. The van der Waals surface area contributed by atoms with Crippen LogP contribution in [0.25, 0.3) is 0 Å². The smallest absolute Gasteiger partial charge is 0.239 e. The molecule has 6 heteroatoms. The van der Waals surface area contributed by atoms with Gasteiger partial charge in [0.25, 0.3) is 0 Å². The average Bonchev–Trinajstić information content (AvgIpc) is 2.42. The molecule has 0 aliphatic carbocycles. The van der Waals surface area contributed by atoms with Crippen LogP contribution >= 0.6 is 0 Å². The molecular formula is C14H25N5O. The molecule has 0 aliphatic heterocycles. The zero-order valence-corrected chi connectivity index (χ0v) is 13.2. The van der Waals surface area contributed by atoms with Crippen molar-refractivity contribution in [1.82, 2.24) is 15.3 Å². The Bertz CT molecular complexity index is 467. The topological polar surface area (TPSA) is 70.2 Å². The van der Waals surface area contributed by atoms with Crippen LogP contribution in [0.4, 0.5) is 11.6 Å². The second kappa shape index (κ2) is 6.54. The van der Waals surface area contributed by atoms with Crippen molar-refractivity contribution in [3.05, 3.63) is 11.9 Å². The number of nitrogens with one attached hydrogen (secondary N) is 2. The van der Waals surface area contributed by atoms with Gasteiger partial charge in [-0.05, 0) is 6.92 Å². The normalized spacial score (nSPS) is 11.1. The van der Waals surface area contributed by atoms with Gasteiger partial charge in [0.2, 0.25) is 5.91 Å². The number of aromatic nitrogens is 2. The number of carbonyl (C=O) groups excluding carboxylic acids is 1. The van der Waals surface area contributed by atoms with E-state index in [0.29, 0.717) is 6.54 Å². The SMILES string of the molecule is CCN(CC(=O)NC)c1cc(NC)nc(C(C)(C)C)n1. The van der Waals surface area contributed by atoms with Crippen LogP contribution in [0.5, 0.6) is 0 Å². The maximum absolute atomic E-state index is 11.6. The summed E-state index contributed by atoms with van der Waals surface area (Å²) in [4.78, 5) is 22.6. The number of anilines is 2. The van der Waals surface area contributed by atoms with E-state index in [0.717, 1.165) is 17.5 Å². The molecule has 0 spiro atoms. The minimum atomic E-state index is -0.145. The van der Waals surface area contributed by atoms with Gasteiger partial charge in [-0.15, -0.1) is 0 Å².